The highest BCUT2D eigenvalue weighted by Crippen LogP contribution is 2.48. The van der Waals surface area contributed by atoms with Crippen LogP contribution in [0.25, 0.3) is 12.2 Å². The molecular weight excluding hydrogens is 421 g/mol. The first-order chi connectivity index (χ1) is 15.5. The van der Waals surface area contributed by atoms with Crippen molar-refractivity contribution in [3.05, 3.63) is 59.9 Å². The minimum absolute atomic E-state index is 0.407. The average molecular weight is 459 g/mol. The number of hydrogen-bond acceptors (Lipinski definition) is 5. The van der Waals surface area contributed by atoms with E-state index in [4.69, 9.17) is 9.05 Å². The van der Waals surface area contributed by atoms with E-state index >= 15 is 0 Å². The minimum atomic E-state index is -2.96. The molecule has 1 aliphatic rings. The zero-order valence-corrected chi connectivity index (χ0v) is 20.5. The quantitative estimate of drug-likeness (QED) is 0.365. The molecule has 32 heavy (non-hydrogen) atoms. The van der Waals surface area contributed by atoms with Crippen LogP contribution in [0.4, 0.5) is 5.69 Å². The van der Waals surface area contributed by atoms with E-state index < -0.39 is 7.60 Å². The molecule has 0 amide bonds. The third kappa shape index (κ3) is 7.56. The monoisotopic (exact) mass is 458 g/mol. The lowest BCUT2D eigenvalue weighted by atomic mass is 10.1. The largest absolute Gasteiger partial charge is 0.369 e. The third-order valence-electron chi connectivity index (χ3n) is 5.65. The van der Waals surface area contributed by atoms with Crippen molar-refractivity contribution in [1.29, 1.82) is 0 Å². The summed E-state index contributed by atoms with van der Waals surface area (Å²) in [7, 11) is -0.776. The minimum Gasteiger partial charge on any atom is -0.369 e. The van der Waals surface area contributed by atoms with Gasteiger partial charge < -0.3 is 18.8 Å². The molecule has 174 valence electrons. The Bertz CT molecular complexity index is 882. The number of aromatic nitrogens is 1. The molecule has 0 unspecified atom stereocenters. The maximum Gasteiger partial charge on any atom is 0.330 e. The number of anilines is 1. The van der Waals surface area contributed by atoms with Crippen LogP contribution in [0.1, 0.15) is 31.4 Å². The molecule has 1 aromatic carbocycles. The molecule has 0 saturated carbocycles. The number of pyridine rings is 1. The van der Waals surface area contributed by atoms with Gasteiger partial charge in [-0.25, -0.2) is 4.57 Å². The molecule has 0 aliphatic carbocycles. The van der Waals surface area contributed by atoms with Crippen LogP contribution in [-0.4, -0.2) is 57.5 Å². The standard InChI is InChI=1S/C25H37N3O3P/c1-4-30-32(29,31-5-2)22-6-15-27-16-13-24(14-17-27)8-7-23-9-11-25(12-10-23)28-20-18-26(3)19-21-28/h7-14,16-17H,4-6,15,18-22H2,1-3H3/q+1. The summed E-state index contributed by atoms with van der Waals surface area (Å²) in [6.45, 7) is 9.69. The molecule has 1 aliphatic heterocycles. The van der Waals surface area contributed by atoms with Gasteiger partial charge >= 0.3 is 7.60 Å². The van der Waals surface area contributed by atoms with Crippen LogP contribution in [0, 0.1) is 0 Å². The molecule has 0 atom stereocenters. The smallest absolute Gasteiger partial charge is 0.330 e. The van der Waals surface area contributed by atoms with Gasteiger partial charge in [0.25, 0.3) is 0 Å². The maximum atomic E-state index is 12.5. The van der Waals surface area contributed by atoms with Crippen LogP contribution in [0.5, 0.6) is 0 Å². The van der Waals surface area contributed by atoms with Crippen LogP contribution in [-0.2, 0) is 20.2 Å². The van der Waals surface area contributed by atoms with E-state index in [2.05, 4.69) is 82.4 Å². The molecule has 1 aromatic heterocycles. The number of aryl methyl sites for hydroxylation is 1. The van der Waals surface area contributed by atoms with E-state index in [1.165, 1.54) is 11.3 Å². The second-order valence-corrected chi connectivity index (χ2v) is 10.3. The fourth-order valence-electron chi connectivity index (χ4n) is 3.79. The highest BCUT2D eigenvalue weighted by atomic mass is 31.2. The first kappa shape index (κ1) is 24.7. The van der Waals surface area contributed by atoms with E-state index in [0.717, 1.165) is 44.7 Å². The fourth-order valence-corrected chi connectivity index (χ4v) is 5.44. The average Bonchev–Trinajstić information content (AvgIpc) is 2.80. The normalized spacial score (nSPS) is 15.5. The van der Waals surface area contributed by atoms with Gasteiger partial charge in [-0.2, -0.15) is 0 Å². The van der Waals surface area contributed by atoms with Crippen molar-refractivity contribution in [2.45, 2.75) is 26.8 Å². The summed E-state index contributed by atoms with van der Waals surface area (Å²) >= 11 is 0. The van der Waals surface area contributed by atoms with E-state index in [1.54, 1.807) is 0 Å². The molecule has 1 saturated heterocycles. The predicted octanol–water partition coefficient (Wildman–Crippen LogP) is 4.55. The molecule has 2 aromatic rings. The summed E-state index contributed by atoms with van der Waals surface area (Å²) in [4.78, 5) is 4.82. The number of piperazine rings is 1. The van der Waals surface area contributed by atoms with Crippen molar-refractivity contribution >= 4 is 25.4 Å². The van der Waals surface area contributed by atoms with Crippen molar-refractivity contribution < 1.29 is 18.2 Å². The Hall–Kier alpha value is -1.98. The number of likely N-dealkylation sites (N-methyl/N-ethyl adjacent to an activating group) is 1. The molecule has 0 radical (unpaired) electrons. The first-order valence-electron chi connectivity index (χ1n) is 11.6. The number of rotatable bonds is 11. The maximum absolute atomic E-state index is 12.5. The van der Waals surface area contributed by atoms with E-state index in [9.17, 15) is 4.57 Å². The Morgan fingerprint density at radius 1 is 0.906 bits per heavy atom. The summed E-state index contributed by atoms with van der Waals surface area (Å²) in [6, 6.07) is 13.0. The Morgan fingerprint density at radius 3 is 2.03 bits per heavy atom. The predicted molar refractivity (Wildman–Crippen MR) is 132 cm³/mol. The molecule has 1 fully saturated rings. The first-order valence-corrected chi connectivity index (χ1v) is 13.3. The highest BCUT2D eigenvalue weighted by molar-refractivity contribution is 7.53. The lowest BCUT2D eigenvalue weighted by Crippen LogP contribution is -2.44. The summed E-state index contributed by atoms with van der Waals surface area (Å²) in [5.74, 6) is 0. The number of hydrogen-bond donors (Lipinski definition) is 0. The molecule has 0 N–H and O–H groups in total. The topological polar surface area (TPSA) is 45.9 Å². The van der Waals surface area contributed by atoms with Crippen molar-refractivity contribution in [1.82, 2.24) is 4.90 Å². The van der Waals surface area contributed by atoms with Crippen LogP contribution in [0.15, 0.2) is 48.8 Å². The Labute approximate surface area is 193 Å². The van der Waals surface area contributed by atoms with Gasteiger partial charge in [0.15, 0.2) is 12.4 Å². The number of benzene rings is 1. The van der Waals surface area contributed by atoms with Crippen LogP contribution in [0.3, 0.4) is 0 Å². The van der Waals surface area contributed by atoms with Crippen molar-refractivity contribution in [3.63, 3.8) is 0 Å². The van der Waals surface area contributed by atoms with E-state index in [-0.39, 0.29) is 0 Å². The third-order valence-corrected chi connectivity index (χ3v) is 7.81. The van der Waals surface area contributed by atoms with Gasteiger partial charge in [-0.3, -0.25) is 4.57 Å². The zero-order valence-electron chi connectivity index (χ0n) is 19.7. The van der Waals surface area contributed by atoms with Gasteiger partial charge in [0.2, 0.25) is 0 Å². The van der Waals surface area contributed by atoms with Gasteiger partial charge in [-0.15, -0.1) is 0 Å². The summed E-state index contributed by atoms with van der Waals surface area (Å²) in [5.41, 5.74) is 3.65. The SMILES string of the molecule is CCOP(=O)(CCC[n+]1ccc(C=Cc2ccc(N3CCN(C)CC3)cc2)cc1)OCC. The molecule has 2 heterocycles. The molecule has 6 nitrogen and oxygen atoms in total. The summed E-state index contributed by atoms with van der Waals surface area (Å²) in [6.07, 6.45) is 9.58. The molecule has 7 heteroatoms. The summed E-state index contributed by atoms with van der Waals surface area (Å²) in [5, 5.41) is 0. The summed E-state index contributed by atoms with van der Waals surface area (Å²) < 4.78 is 25.4. The lowest BCUT2D eigenvalue weighted by Gasteiger charge is -2.34. The van der Waals surface area contributed by atoms with Gasteiger partial charge in [-0.1, -0.05) is 24.3 Å². The van der Waals surface area contributed by atoms with Gasteiger partial charge in [0.1, 0.15) is 6.54 Å². The highest BCUT2D eigenvalue weighted by Gasteiger charge is 2.23. The van der Waals surface area contributed by atoms with Crippen molar-refractivity contribution in [2.24, 2.45) is 0 Å². The Balaban J connectivity index is 1.49. The zero-order chi connectivity index (χ0) is 22.8. The molecule has 0 spiro atoms. The van der Waals surface area contributed by atoms with Crippen LogP contribution >= 0.6 is 7.60 Å². The van der Waals surface area contributed by atoms with Crippen molar-refractivity contribution in [2.75, 3.05) is 57.5 Å². The molecular formula is C25H37N3O3P+. The lowest BCUT2D eigenvalue weighted by molar-refractivity contribution is -0.696. The van der Waals surface area contributed by atoms with Crippen molar-refractivity contribution in [3.8, 4) is 0 Å². The van der Waals surface area contributed by atoms with Crippen LogP contribution in [0.2, 0.25) is 0 Å². The second-order valence-electron chi connectivity index (χ2n) is 8.11. The van der Waals surface area contributed by atoms with E-state index in [0.29, 0.717) is 19.4 Å². The van der Waals surface area contributed by atoms with E-state index in [1.807, 2.05) is 13.8 Å². The Kier molecular flexibility index (Phi) is 9.49. The van der Waals surface area contributed by atoms with Gasteiger partial charge in [0.05, 0.1) is 19.4 Å². The van der Waals surface area contributed by atoms with Gasteiger partial charge in [0, 0.05) is 50.4 Å². The Morgan fingerprint density at radius 2 is 1.47 bits per heavy atom. The number of nitrogens with zero attached hydrogens (tertiary/aromatic N) is 3. The second kappa shape index (κ2) is 12.3. The fraction of sp³-hybridized carbons (Fsp3) is 0.480. The molecule has 3 rings (SSSR count). The van der Waals surface area contributed by atoms with Gasteiger partial charge in [-0.05, 0) is 44.2 Å². The molecule has 0 bridgehead atoms. The van der Waals surface area contributed by atoms with Crippen LogP contribution < -0.4 is 9.47 Å².